The number of hydrogen-bond acceptors (Lipinski definition) is 7. The van der Waals surface area contributed by atoms with Gasteiger partial charge in [0.25, 0.3) is 0 Å². The molecule has 0 aliphatic carbocycles. The van der Waals surface area contributed by atoms with Crippen LogP contribution in [-0.4, -0.2) is 39.2 Å². The Kier molecular flexibility index (Phi) is 5.25. The van der Waals surface area contributed by atoms with Crippen molar-refractivity contribution in [3.63, 3.8) is 0 Å². The second-order valence-electron chi connectivity index (χ2n) is 7.42. The van der Waals surface area contributed by atoms with Crippen LogP contribution < -0.4 is 14.9 Å². The number of fused-ring (bicyclic) bond motifs is 1. The molecular weight excluding hydrogens is 404 g/mol. The van der Waals surface area contributed by atoms with E-state index < -0.39 is 0 Å². The summed E-state index contributed by atoms with van der Waals surface area (Å²) in [4.78, 5) is 8.72. The summed E-state index contributed by atoms with van der Waals surface area (Å²) in [5.74, 6) is 1.91. The average Bonchev–Trinajstić information content (AvgIpc) is 3.23. The van der Waals surface area contributed by atoms with Gasteiger partial charge in [-0.3, -0.25) is 0 Å². The first-order valence-electron chi connectivity index (χ1n) is 10.3. The molecule has 1 aliphatic heterocycles. The molecule has 1 aliphatic rings. The number of ether oxygens (including phenoxy) is 2. The second-order valence-corrected chi connectivity index (χ2v) is 7.42. The number of rotatable bonds is 5. The molecule has 4 aromatic rings. The summed E-state index contributed by atoms with van der Waals surface area (Å²) in [7, 11) is 0. The molecule has 0 fully saturated rings. The molecule has 32 heavy (non-hydrogen) atoms. The number of benzene rings is 2. The fourth-order valence-corrected chi connectivity index (χ4v) is 3.55. The van der Waals surface area contributed by atoms with E-state index in [0.717, 1.165) is 39.6 Å². The van der Waals surface area contributed by atoms with Crippen LogP contribution in [0.25, 0.3) is 16.9 Å². The Morgan fingerprint density at radius 1 is 0.938 bits per heavy atom. The van der Waals surface area contributed by atoms with Crippen LogP contribution >= 0.6 is 0 Å². The lowest BCUT2D eigenvalue weighted by Gasteiger charge is -2.18. The quantitative estimate of drug-likeness (QED) is 0.381. The molecule has 0 saturated heterocycles. The van der Waals surface area contributed by atoms with Gasteiger partial charge in [-0.1, -0.05) is 18.2 Å². The zero-order chi connectivity index (χ0) is 21.9. The van der Waals surface area contributed by atoms with Crippen molar-refractivity contribution in [2.45, 2.75) is 13.8 Å². The average molecular weight is 426 g/mol. The highest BCUT2D eigenvalue weighted by Crippen LogP contribution is 2.35. The van der Waals surface area contributed by atoms with Crippen molar-refractivity contribution in [1.82, 2.24) is 19.7 Å². The summed E-state index contributed by atoms with van der Waals surface area (Å²) in [5, 5.41) is 9.19. The number of hydrazone groups is 1. The van der Waals surface area contributed by atoms with Gasteiger partial charge in [0, 0.05) is 28.7 Å². The van der Waals surface area contributed by atoms with Crippen LogP contribution in [-0.2, 0) is 0 Å². The molecule has 0 atom stereocenters. The lowest BCUT2D eigenvalue weighted by atomic mass is 10.1. The maximum atomic E-state index is 5.76. The van der Waals surface area contributed by atoms with Crippen LogP contribution in [0.1, 0.15) is 17.0 Å². The van der Waals surface area contributed by atoms with Gasteiger partial charge in [0.15, 0.2) is 11.5 Å². The molecule has 2 aromatic carbocycles. The smallest absolute Gasteiger partial charge is 0.243 e. The third-order valence-electron chi connectivity index (χ3n) is 4.93. The Bertz CT molecular complexity index is 1260. The van der Waals surface area contributed by atoms with Crippen LogP contribution in [0.15, 0.2) is 65.9 Å². The summed E-state index contributed by atoms with van der Waals surface area (Å²) >= 11 is 0. The number of aromatic nitrogens is 4. The fourth-order valence-electron chi connectivity index (χ4n) is 3.55. The number of aryl methyl sites for hydroxylation is 2. The molecule has 0 radical (unpaired) electrons. The molecule has 1 N–H and O–H groups in total. The zero-order valence-corrected chi connectivity index (χ0v) is 17.8. The van der Waals surface area contributed by atoms with Crippen LogP contribution in [0.2, 0.25) is 0 Å². The highest BCUT2D eigenvalue weighted by Gasteiger charge is 2.16. The maximum Gasteiger partial charge on any atom is 0.243 e. The minimum atomic E-state index is 0.454. The van der Waals surface area contributed by atoms with E-state index in [2.05, 4.69) is 20.5 Å². The van der Waals surface area contributed by atoms with Gasteiger partial charge in [0.05, 0.1) is 11.9 Å². The molecule has 8 nitrogen and oxygen atoms in total. The van der Waals surface area contributed by atoms with E-state index >= 15 is 0 Å². The SMILES string of the molecule is Cc1cc(C)nc(N/N=C\c2cn(-c3ccccc3)nc2-c2ccc3c(c2)OCCO3)n1. The fraction of sp³-hybridized carbons (Fsp3) is 0.167. The van der Waals surface area contributed by atoms with E-state index in [1.807, 2.05) is 79.3 Å². The summed E-state index contributed by atoms with van der Waals surface area (Å²) < 4.78 is 13.2. The Morgan fingerprint density at radius 2 is 1.69 bits per heavy atom. The third-order valence-corrected chi connectivity index (χ3v) is 4.93. The van der Waals surface area contributed by atoms with E-state index in [0.29, 0.717) is 24.9 Å². The van der Waals surface area contributed by atoms with Crippen molar-refractivity contribution in [2.75, 3.05) is 18.6 Å². The first kappa shape index (κ1) is 19.7. The van der Waals surface area contributed by atoms with Gasteiger partial charge >= 0.3 is 0 Å². The third kappa shape index (κ3) is 4.15. The molecule has 3 heterocycles. The normalized spacial score (nSPS) is 12.8. The van der Waals surface area contributed by atoms with Crippen molar-refractivity contribution < 1.29 is 9.47 Å². The summed E-state index contributed by atoms with van der Waals surface area (Å²) in [6, 6.07) is 17.7. The molecule has 0 bridgehead atoms. The number of nitrogens with zero attached hydrogens (tertiary/aromatic N) is 5. The van der Waals surface area contributed by atoms with Crippen LogP contribution in [0.4, 0.5) is 5.95 Å². The van der Waals surface area contributed by atoms with Crippen molar-refractivity contribution in [1.29, 1.82) is 0 Å². The lowest BCUT2D eigenvalue weighted by Crippen LogP contribution is -2.15. The maximum absolute atomic E-state index is 5.76. The number of para-hydroxylation sites is 1. The summed E-state index contributed by atoms with van der Waals surface area (Å²) in [6.45, 7) is 4.93. The van der Waals surface area contributed by atoms with Crippen molar-refractivity contribution in [3.05, 3.63) is 77.7 Å². The van der Waals surface area contributed by atoms with Crippen LogP contribution in [0, 0.1) is 13.8 Å². The van der Waals surface area contributed by atoms with Gasteiger partial charge in [0.1, 0.15) is 18.9 Å². The molecule has 0 spiro atoms. The molecule has 160 valence electrons. The van der Waals surface area contributed by atoms with Crippen molar-refractivity contribution >= 4 is 12.2 Å². The van der Waals surface area contributed by atoms with Crippen molar-refractivity contribution in [2.24, 2.45) is 5.10 Å². The number of nitrogens with one attached hydrogen (secondary N) is 1. The highest BCUT2D eigenvalue weighted by molar-refractivity contribution is 5.89. The molecule has 5 rings (SSSR count). The van der Waals surface area contributed by atoms with Gasteiger partial charge in [-0.15, -0.1) is 0 Å². The molecule has 0 amide bonds. The Morgan fingerprint density at radius 3 is 2.47 bits per heavy atom. The molecule has 0 saturated carbocycles. The van der Waals surface area contributed by atoms with Gasteiger partial charge in [-0.05, 0) is 50.2 Å². The molecule has 8 heteroatoms. The first-order valence-corrected chi connectivity index (χ1v) is 10.3. The number of anilines is 1. The van der Waals surface area contributed by atoms with E-state index in [4.69, 9.17) is 14.6 Å². The predicted octanol–water partition coefficient (Wildman–Crippen LogP) is 4.16. The minimum Gasteiger partial charge on any atom is -0.486 e. The van der Waals surface area contributed by atoms with Gasteiger partial charge < -0.3 is 9.47 Å². The van der Waals surface area contributed by atoms with E-state index in [9.17, 15) is 0 Å². The predicted molar refractivity (Wildman–Crippen MR) is 123 cm³/mol. The highest BCUT2D eigenvalue weighted by atomic mass is 16.6. The van der Waals surface area contributed by atoms with Gasteiger partial charge in [-0.2, -0.15) is 10.2 Å². The Balaban J connectivity index is 1.51. The zero-order valence-electron chi connectivity index (χ0n) is 17.8. The first-order chi connectivity index (χ1) is 15.7. The van der Waals surface area contributed by atoms with Gasteiger partial charge in [0.2, 0.25) is 5.95 Å². The minimum absolute atomic E-state index is 0.454. The van der Waals surface area contributed by atoms with Gasteiger partial charge in [-0.25, -0.2) is 20.1 Å². The topological polar surface area (TPSA) is 86.5 Å². The van der Waals surface area contributed by atoms with Crippen molar-refractivity contribution in [3.8, 4) is 28.4 Å². The van der Waals surface area contributed by atoms with E-state index in [-0.39, 0.29) is 0 Å². The Hall–Kier alpha value is -4.20. The molecular formula is C24H22N6O2. The van der Waals surface area contributed by atoms with Crippen LogP contribution in [0.3, 0.4) is 0 Å². The standard InChI is InChI=1S/C24H22N6O2/c1-16-12-17(2)27-24(26-16)28-25-14-19-15-30(20-6-4-3-5-7-20)29-23(19)18-8-9-21-22(13-18)32-11-10-31-21/h3-9,12-15H,10-11H2,1-2H3,(H,26,27,28)/b25-14-. The largest absolute Gasteiger partial charge is 0.486 e. The van der Waals surface area contributed by atoms with Crippen LogP contribution in [0.5, 0.6) is 11.5 Å². The molecule has 2 aromatic heterocycles. The monoisotopic (exact) mass is 426 g/mol. The second kappa shape index (κ2) is 8.50. The summed E-state index contributed by atoms with van der Waals surface area (Å²) in [6.07, 6.45) is 3.66. The summed E-state index contributed by atoms with van der Waals surface area (Å²) in [5.41, 5.74) is 8.15. The Labute approximate surface area is 185 Å². The molecule has 0 unspecified atom stereocenters. The van der Waals surface area contributed by atoms with E-state index in [1.165, 1.54) is 0 Å². The lowest BCUT2D eigenvalue weighted by molar-refractivity contribution is 0.171. The van der Waals surface area contributed by atoms with E-state index in [1.54, 1.807) is 6.21 Å². The number of hydrogen-bond donors (Lipinski definition) is 1.